The summed E-state index contributed by atoms with van der Waals surface area (Å²) in [7, 11) is 0. The van der Waals surface area contributed by atoms with Gasteiger partial charge in [-0.15, -0.1) is 0 Å². The van der Waals surface area contributed by atoms with Crippen LogP contribution in [0.15, 0.2) is 0 Å². The van der Waals surface area contributed by atoms with E-state index in [4.69, 9.17) is 5.84 Å². The van der Waals surface area contributed by atoms with Crippen molar-refractivity contribution >= 4 is 0 Å². The molecule has 0 aromatic carbocycles. The molecule has 2 aliphatic rings. The van der Waals surface area contributed by atoms with Crippen LogP contribution in [0.25, 0.3) is 0 Å². The van der Waals surface area contributed by atoms with Crippen molar-refractivity contribution in [3.63, 3.8) is 0 Å². The lowest BCUT2D eigenvalue weighted by molar-refractivity contribution is 0.328. The van der Waals surface area contributed by atoms with Crippen LogP contribution in [-0.2, 0) is 0 Å². The fourth-order valence-electron chi connectivity index (χ4n) is 3.96. The Morgan fingerprint density at radius 2 is 1.69 bits per heavy atom. The molecule has 2 aliphatic carbocycles. The van der Waals surface area contributed by atoms with E-state index in [1.807, 2.05) is 0 Å². The van der Waals surface area contributed by atoms with Gasteiger partial charge in [-0.2, -0.15) is 0 Å². The molecule has 2 nitrogen and oxygen atoms in total. The molecule has 2 rings (SSSR count). The minimum atomic E-state index is 0.595. The maximum atomic E-state index is 5.78. The highest BCUT2D eigenvalue weighted by Gasteiger charge is 2.53. The minimum Gasteiger partial charge on any atom is -0.271 e. The Bertz CT molecular complexity index is 201. The van der Waals surface area contributed by atoms with Gasteiger partial charge in [0.2, 0.25) is 0 Å². The molecular weight excluding hydrogens is 196 g/mol. The van der Waals surface area contributed by atoms with Gasteiger partial charge in [0.25, 0.3) is 0 Å². The Morgan fingerprint density at radius 1 is 1.12 bits per heavy atom. The Labute approximate surface area is 100 Å². The topological polar surface area (TPSA) is 38.0 Å². The van der Waals surface area contributed by atoms with Gasteiger partial charge >= 0.3 is 0 Å². The summed E-state index contributed by atoms with van der Waals surface area (Å²) in [6, 6.07) is 0.595. The average molecular weight is 224 g/mol. The molecule has 0 spiro atoms. The van der Waals surface area contributed by atoms with Gasteiger partial charge < -0.3 is 0 Å². The number of nitrogens with two attached hydrogens (primary N) is 1. The summed E-state index contributed by atoms with van der Waals surface area (Å²) in [5.74, 6) is 9.59. The Hall–Kier alpha value is -0.0800. The van der Waals surface area contributed by atoms with Crippen LogP contribution < -0.4 is 11.3 Å². The third-order valence-corrected chi connectivity index (χ3v) is 5.14. The predicted molar refractivity (Wildman–Crippen MR) is 68.7 cm³/mol. The summed E-state index contributed by atoms with van der Waals surface area (Å²) in [4.78, 5) is 0. The highest BCUT2D eigenvalue weighted by molar-refractivity contribution is 5.04. The van der Waals surface area contributed by atoms with Crippen molar-refractivity contribution < 1.29 is 0 Å². The molecule has 16 heavy (non-hydrogen) atoms. The zero-order valence-electron chi connectivity index (χ0n) is 10.9. The zero-order chi connectivity index (χ0) is 11.5. The molecule has 94 valence electrons. The Kier molecular flexibility index (Phi) is 4.26. The molecule has 2 fully saturated rings. The fraction of sp³-hybridized carbons (Fsp3) is 1.00. The summed E-state index contributed by atoms with van der Waals surface area (Å²) in [6.07, 6.45) is 9.75. The number of hydrogen-bond donors (Lipinski definition) is 2. The Morgan fingerprint density at radius 3 is 2.12 bits per heavy atom. The van der Waals surface area contributed by atoms with Crippen LogP contribution in [0.4, 0.5) is 0 Å². The molecule has 0 aromatic heterocycles. The molecule has 0 aliphatic heterocycles. The first-order valence-electron chi connectivity index (χ1n) is 7.27. The summed E-state index contributed by atoms with van der Waals surface area (Å²) in [5.41, 5.74) is 3.12. The molecule has 0 amide bonds. The van der Waals surface area contributed by atoms with Gasteiger partial charge in [-0.25, -0.2) is 0 Å². The van der Waals surface area contributed by atoms with Crippen LogP contribution in [-0.4, -0.2) is 6.04 Å². The quantitative estimate of drug-likeness (QED) is 0.537. The van der Waals surface area contributed by atoms with E-state index in [9.17, 15) is 0 Å². The lowest BCUT2D eigenvalue weighted by Crippen LogP contribution is -2.39. The van der Waals surface area contributed by atoms with Crippen LogP contribution in [0.3, 0.4) is 0 Å². The van der Waals surface area contributed by atoms with Gasteiger partial charge in [-0.05, 0) is 42.9 Å². The van der Waals surface area contributed by atoms with Gasteiger partial charge in [0.05, 0.1) is 0 Å². The molecule has 0 aromatic rings. The van der Waals surface area contributed by atoms with E-state index in [-0.39, 0.29) is 0 Å². The number of fused-ring (bicyclic) bond motifs is 1. The summed E-state index contributed by atoms with van der Waals surface area (Å²) >= 11 is 0. The van der Waals surface area contributed by atoms with Crippen molar-refractivity contribution in [2.45, 2.75) is 64.8 Å². The largest absolute Gasteiger partial charge is 0.271 e. The summed E-state index contributed by atoms with van der Waals surface area (Å²) in [6.45, 7) is 4.61. The monoisotopic (exact) mass is 224 g/mol. The first kappa shape index (κ1) is 12.4. The van der Waals surface area contributed by atoms with Gasteiger partial charge in [0.15, 0.2) is 0 Å². The smallest absolute Gasteiger partial charge is 0.0246 e. The standard InChI is InChI=1S/C14H28N2/c1-3-10(4-2)9-13(16-15)14-11-7-5-6-8-12(11)14/h10-14,16H,3-9,15H2,1-2H3. The predicted octanol–water partition coefficient (Wildman–Crippen LogP) is 3.08. The molecule has 0 heterocycles. The lowest BCUT2D eigenvalue weighted by Gasteiger charge is -2.21. The van der Waals surface area contributed by atoms with Crippen molar-refractivity contribution in [3.05, 3.63) is 0 Å². The van der Waals surface area contributed by atoms with E-state index in [1.165, 1.54) is 44.9 Å². The van der Waals surface area contributed by atoms with Crippen LogP contribution in [0, 0.1) is 23.7 Å². The molecule has 0 bridgehead atoms. The number of hydrazine groups is 1. The summed E-state index contributed by atoms with van der Waals surface area (Å²) < 4.78 is 0. The highest BCUT2D eigenvalue weighted by Crippen LogP contribution is 2.57. The number of nitrogens with one attached hydrogen (secondary N) is 1. The molecular formula is C14H28N2. The van der Waals surface area contributed by atoms with Gasteiger partial charge in [0.1, 0.15) is 0 Å². The van der Waals surface area contributed by atoms with E-state index in [1.54, 1.807) is 0 Å². The van der Waals surface area contributed by atoms with Crippen LogP contribution in [0.5, 0.6) is 0 Å². The number of rotatable bonds is 6. The van der Waals surface area contributed by atoms with Gasteiger partial charge in [-0.1, -0.05) is 39.5 Å². The third-order valence-electron chi connectivity index (χ3n) is 5.14. The second-order valence-corrected chi connectivity index (χ2v) is 5.88. The lowest BCUT2D eigenvalue weighted by atomic mass is 9.92. The molecule has 3 N–H and O–H groups in total. The fourth-order valence-corrected chi connectivity index (χ4v) is 3.96. The van der Waals surface area contributed by atoms with E-state index in [2.05, 4.69) is 19.3 Å². The van der Waals surface area contributed by atoms with Gasteiger partial charge in [-0.3, -0.25) is 11.3 Å². The van der Waals surface area contributed by atoms with E-state index in [0.717, 1.165) is 23.7 Å². The molecule has 0 radical (unpaired) electrons. The maximum Gasteiger partial charge on any atom is 0.0246 e. The molecule has 2 saturated carbocycles. The average Bonchev–Trinajstić information content (AvgIpc) is 3.05. The second-order valence-electron chi connectivity index (χ2n) is 5.88. The third kappa shape index (κ3) is 2.43. The number of hydrogen-bond acceptors (Lipinski definition) is 2. The van der Waals surface area contributed by atoms with Crippen molar-refractivity contribution in [2.24, 2.45) is 29.5 Å². The molecule has 3 unspecified atom stereocenters. The van der Waals surface area contributed by atoms with Crippen molar-refractivity contribution in [3.8, 4) is 0 Å². The SMILES string of the molecule is CCC(CC)CC(NN)C1C2CCCCC21. The first-order valence-corrected chi connectivity index (χ1v) is 7.27. The molecule has 2 heteroatoms. The Balaban J connectivity index is 1.86. The van der Waals surface area contributed by atoms with Crippen molar-refractivity contribution in [1.29, 1.82) is 0 Å². The van der Waals surface area contributed by atoms with E-state index >= 15 is 0 Å². The molecule has 0 saturated heterocycles. The highest BCUT2D eigenvalue weighted by atomic mass is 15.2. The van der Waals surface area contributed by atoms with E-state index < -0.39 is 0 Å². The summed E-state index contributed by atoms with van der Waals surface area (Å²) in [5, 5.41) is 0. The molecule has 3 atom stereocenters. The minimum absolute atomic E-state index is 0.595. The normalized spacial score (nSPS) is 34.9. The van der Waals surface area contributed by atoms with Crippen LogP contribution in [0.2, 0.25) is 0 Å². The van der Waals surface area contributed by atoms with Crippen LogP contribution >= 0.6 is 0 Å². The maximum absolute atomic E-state index is 5.78. The van der Waals surface area contributed by atoms with E-state index in [0.29, 0.717) is 6.04 Å². The van der Waals surface area contributed by atoms with Crippen molar-refractivity contribution in [1.82, 2.24) is 5.43 Å². The van der Waals surface area contributed by atoms with Crippen molar-refractivity contribution in [2.75, 3.05) is 0 Å². The van der Waals surface area contributed by atoms with Gasteiger partial charge in [0, 0.05) is 6.04 Å². The zero-order valence-corrected chi connectivity index (χ0v) is 10.9. The van der Waals surface area contributed by atoms with Crippen LogP contribution in [0.1, 0.15) is 58.8 Å². The first-order chi connectivity index (χ1) is 7.81. The second kappa shape index (κ2) is 5.50.